The van der Waals surface area contributed by atoms with Gasteiger partial charge in [-0.25, -0.2) is 8.42 Å². The number of benzene rings is 1. The van der Waals surface area contributed by atoms with Gasteiger partial charge in [-0.3, -0.25) is 4.79 Å². The van der Waals surface area contributed by atoms with E-state index in [1.165, 1.54) is 0 Å². The predicted octanol–water partition coefficient (Wildman–Crippen LogP) is 2.02. The van der Waals surface area contributed by atoms with Crippen molar-refractivity contribution in [2.45, 2.75) is 44.2 Å². The van der Waals surface area contributed by atoms with E-state index >= 15 is 0 Å². The quantitative estimate of drug-likeness (QED) is 0.714. The zero-order chi connectivity index (χ0) is 16.3. The molecule has 2 fully saturated rings. The summed E-state index contributed by atoms with van der Waals surface area (Å²) < 4.78 is 28.9. The third-order valence-corrected chi connectivity index (χ3v) is 6.13. The fraction of sp³-hybridized carbons (Fsp3) is 0.588. The second kappa shape index (κ2) is 6.91. The van der Waals surface area contributed by atoms with Crippen LogP contribution in [0.15, 0.2) is 30.3 Å². The lowest BCUT2D eigenvalue weighted by Crippen LogP contribution is -2.42. The molecule has 1 saturated heterocycles. The number of hydrogen-bond donors (Lipinski definition) is 0. The van der Waals surface area contributed by atoms with E-state index in [1.807, 2.05) is 35.2 Å². The molecule has 126 valence electrons. The van der Waals surface area contributed by atoms with Crippen LogP contribution < -0.4 is 4.74 Å². The number of para-hydroxylation sites is 1. The van der Waals surface area contributed by atoms with Gasteiger partial charge in [-0.2, -0.15) is 0 Å². The minimum Gasteiger partial charge on any atom is -0.494 e. The summed E-state index contributed by atoms with van der Waals surface area (Å²) in [6.45, 7) is 0.497. The molecule has 0 bridgehead atoms. The molecule has 1 aliphatic carbocycles. The Kier molecular flexibility index (Phi) is 4.90. The highest BCUT2D eigenvalue weighted by atomic mass is 32.2. The number of carbonyl (C=O) groups excluding carboxylic acids is 1. The third-order valence-electron chi connectivity index (χ3n) is 4.38. The van der Waals surface area contributed by atoms with Crippen molar-refractivity contribution >= 4 is 15.7 Å². The monoisotopic (exact) mass is 337 g/mol. The summed E-state index contributed by atoms with van der Waals surface area (Å²) in [5.74, 6) is 1.23. The molecule has 0 aromatic heterocycles. The lowest BCUT2D eigenvalue weighted by molar-refractivity contribution is -0.134. The minimum atomic E-state index is -2.96. The number of ether oxygens (including phenoxy) is 1. The Balaban J connectivity index is 1.47. The zero-order valence-electron chi connectivity index (χ0n) is 13.2. The van der Waals surface area contributed by atoms with Crippen molar-refractivity contribution in [1.82, 2.24) is 4.90 Å². The topological polar surface area (TPSA) is 63.7 Å². The lowest BCUT2D eigenvalue weighted by Gasteiger charge is -2.28. The molecule has 1 aromatic carbocycles. The second-order valence-corrected chi connectivity index (χ2v) is 8.58. The summed E-state index contributed by atoms with van der Waals surface area (Å²) in [5, 5.41) is 0. The van der Waals surface area contributed by atoms with Crippen LogP contribution in [0.1, 0.15) is 32.1 Å². The molecule has 23 heavy (non-hydrogen) atoms. The lowest BCUT2D eigenvalue weighted by atomic mass is 10.2. The van der Waals surface area contributed by atoms with E-state index in [1.54, 1.807) is 0 Å². The van der Waals surface area contributed by atoms with Crippen LogP contribution in [0.2, 0.25) is 0 Å². The molecule has 1 unspecified atom stereocenters. The van der Waals surface area contributed by atoms with Gasteiger partial charge < -0.3 is 9.64 Å². The van der Waals surface area contributed by atoms with Gasteiger partial charge >= 0.3 is 0 Å². The first-order chi connectivity index (χ1) is 11.1. The minimum absolute atomic E-state index is 0.0752. The molecule has 0 N–H and O–H groups in total. The highest BCUT2D eigenvalue weighted by Gasteiger charge is 2.41. The zero-order valence-corrected chi connectivity index (χ0v) is 14.0. The Bertz CT molecular complexity index is 640. The Morgan fingerprint density at radius 1 is 1.13 bits per heavy atom. The highest BCUT2D eigenvalue weighted by Crippen LogP contribution is 2.32. The van der Waals surface area contributed by atoms with E-state index in [4.69, 9.17) is 4.74 Å². The molecule has 2 aliphatic rings. The predicted molar refractivity (Wildman–Crippen MR) is 88.1 cm³/mol. The van der Waals surface area contributed by atoms with Crippen LogP contribution in [-0.2, 0) is 14.6 Å². The van der Waals surface area contributed by atoms with Gasteiger partial charge in [0.2, 0.25) is 5.91 Å². The maximum absolute atomic E-state index is 12.5. The van der Waals surface area contributed by atoms with Gasteiger partial charge in [0.05, 0.1) is 18.1 Å². The van der Waals surface area contributed by atoms with Crippen LogP contribution in [0.4, 0.5) is 0 Å². The smallest absolute Gasteiger partial charge is 0.223 e. The van der Waals surface area contributed by atoms with Crippen molar-refractivity contribution in [2.24, 2.45) is 0 Å². The number of hydrogen-bond acceptors (Lipinski definition) is 4. The number of amides is 1. The van der Waals surface area contributed by atoms with Gasteiger partial charge in [-0.1, -0.05) is 18.2 Å². The van der Waals surface area contributed by atoms with E-state index < -0.39 is 9.84 Å². The highest BCUT2D eigenvalue weighted by molar-refractivity contribution is 7.91. The van der Waals surface area contributed by atoms with E-state index in [0.29, 0.717) is 25.9 Å². The average Bonchev–Trinajstić information content (AvgIpc) is 3.29. The molecular formula is C17H23NO4S. The second-order valence-electron chi connectivity index (χ2n) is 6.35. The molecule has 1 amide bonds. The average molecular weight is 337 g/mol. The molecule has 1 heterocycles. The van der Waals surface area contributed by atoms with Crippen molar-refractivity contribution in [3.8, 4) is 5.75 Å². The van der Waals surface area contributed by atoms with Crippen LogP contribution >= 0.6 is 0 Å². The molecule has 5 nitrogen and oxygen atoms in total. The SMILES string of the molecule is O=C(CCCOc1ccccc1)N(C1CC1)C1CCS(=O)(=O)C1. The molecule has 0 spiro atoms. The molecule has 1 aromatic rings. The molecule has 6 heteroatoms. The summed E-state index contributed by atoms with van der Waals surface area (Å²) in [4.78, 5) is 14.4. The van der Waals surface area contributed by atoms with Gasteiger partial charge in [0.15, 0.2) is 9.84 Å². The first-order valence-corrected chi connectivity index (χ1v) is 10.1. The molecular weight excluding hydrogens is 314 g/mol. The van der Waals surface area contributed by atoms with Gasteiger partial charge in [0.1, 0.15) is 5.75 Å². The van der Waals surface area contributed by atoms with E-state index in [-0.39, 0.29) is 29.5 Å². The molecule has 1 saturated carbocycles. The van der Waals surface area contributed by atoms with E-state index in [2.05, 4.69) is 0 Å². The van der Waals surface area contributed by atoms with Crippen molar-refractivity contribution in [3.63, 3.8) is 0 Å². The Hall–Kier alpha value is -1.56. The molecule has 1 atom stereocenters. The summed E-state index contributed by atoms with van der Waals surface area (Å²) in [5.41, 5.74) is 0. The van der Waals surface area contributed by atoms with Crippen LogP contribution in [0.25, 0.3) is 0 Å². The fourth-order valence-corrected chi connectivity index (χ4v) is 4.82. The number of sulfone groups is 1. The Labute approximate surface area is 137 Å². The number of rotatable bonds is 7. The number of carbonyl (C=O) groups is 1. The Morgan fingerprint density at radius 3 is 2.48 bits per heavy atom. The normalized spacial score (nSPS) is 22.7. The summed E-state index contributed by atoms with van der Waals surface area (Å²) in [7, 11) is -2.96. The summed E-state index contributed by atoms with van der Waals surface area (Å²) in [6, 6.07) is 9.68. The maximum atomic E-state index is 12.5. The van der Waals surface area contributed by atoms with E-state index in [0.717, 1.165) is 18.6 Å². The molecule has 0 radical (unpaired) electrons. The van der Waals surface area contributed by atoms with E-state index in [9.17, 15) is 13.2 Å². The molecule has 3 rings (SSSR count). The first kappa shape index (κ1) is 16.3. The van der Waals surface area contributed by atoms with Crippen molar-refractivity contribution < 1.29 is 17.9 Å². The Morgan fingerprint density at radius 2 is 1.87 bits per heavy atom. The van der Waals surface area contributed by atoms with Crippen molar-refractivity contribution in [2.75, 3.05) is 18.1 Å². The largest absolute Gasteiger partial charge is 0.494 e. The van der Waals surface area contributed by atoms with Crippen LogP contribution in [-0.4, -0.2) is 49.4 Å². The van der Waals surface area contributed by atoms with Gasteiger partial charge in [0, 0.05) is 18.5 Å². The van der Waals surface area contributed by atoms with Gasteiger partial charge in [0.25, 0.3) is 0 Å². The van der Waals surface area contributed by atoms with Crippen molar-refractivity contribution in [1.29, 1.82) is 0 Å². The standard InChI is InChI=1S/C17H23NO4S/c19-17(7-4-11-22-16-5-2-1-3-6-16)18(14-8-9-14)15-10-12-23(20,21)13-15/h1-3,5-6,14-15H,4,7-13H2. The maximum Gasteiger partial charge on any atom is 0.223 e. The van der Waals surface area contributed by atoms with Gasteiger partial charge in [-0.15, -0.1) is 0 Å². The van der Waals surface area contributed by atoms with Crippen LogP contribution in [0.5, 0.6) is 5.75 Å². The van der Waals surface area contributed by atoms with Crippen LogP contribution in [0, 0.1) is 0 Å². The number of nitrogens with zero attached hydrogens (tertiary/aromatic N) is 1. The van der Waals surface area contributed by atoms with Crippen molar-refractivity contribution in [3.05, 3.63) is 30.3 Å². The van der Waals surface area contributed by atoms with Gasteiger partial charge in [-0.05, 0) is 37.8 Å². The first-order valence-electron chi connectivity index (χ1n) is 8.24. The fourth-order valence-electron chi connectivity index (χ4n) is 3.11. The van der Waals surface area contributed by atoms with Crippen LogP contribution in [0.3, 0.4) is 0 Å². The summed E-state index contributed by atoms with van der Waals surface area (Å²) in [6.07, 6.45) is 3.66. The molecule has 1 aliphatic heterocycles. The summed E-state index contributed by atoms with van der Waals surface area (Å²) >= 11 is 0. The third kappa shape index (κ3) is 4.47.